The van der Waals surface area contributed by atoms with Crippen LogP contribution in [0, 0.1) is 12.3 Å². The number of phosphoric ester groups is 1. The van der Waals surface area contributed by atoms with E-state index in [1.807, 2.05) is 0 Å². The van der Waals surface area contributed by atoms with E-state index in [0.29, 0.717) is 0 Å². The Morgan fingerprint density at radius 3 is 2.52 bits per heavy atom. The van der Waals surface area contributed by atoms with Gasteiger partial charge in [0, 0.05) is 0 Å². The molecule has 2 rings (SSSR count). The van der Waals surface area contributed by atoms with Gasteiger partial charge in [0.25, 0.3) is 5.91 Å². The smallest absolute Gasteiger partial charge is 0.387 e. The van der Waals surface area contributed by atoms with Gasteiger partial charge in [-0.2, -0.15) is 4.31 Å². The fourth-order valence-electron chi connectivity index (χ4n) is 2.30. The van der Waals surface area contributed by atoms with Crippen molar-refractivity contribution < 1.29 is 52.4 Å². The molecule has 150 valence electrons. The van der Waals surface area contributed by atoms with E-state index in [9.17, 15) is 29.0 Å². The van der Waals surface area contributed by atoms with E-state index in [4.69, 9.17) is 26.7 Å². The molecule has 16 heteroatoms. The number of aromatic nitrogens is 2. The monoisotopic (exact) mass is 427 g/mol. The number of ether oxygens (including phenoxy) is 1. The van der Waals surface area contributed by atoms with Crippen LogP contribution in [0.1, 0.15) is 22.4 Å². The van der Waals surface area contributed by atoms with E-state index in [-0.39, 0.29) is 11.4 Å². The third-order valence-electron chi connectivity index (χ3n) is 3.39. The van der Waals surface area contributed by atoms with Crippen LogP contribution < -0.4 is 5.73 Å². The van der Waals surface area contributed by atoms with Crippen molar-refractivity contribution in [1.82, 2.24) is 9.55 Å². The van der Waals surface area contributed by atoms with Gasteiger partial charge in [-0.25, -0.2) is 14.1 Å². The molecule has 0 aliphatic carbocycles. The molecule has 1 fully saturated rings. The molecule has 0 aromatic carbocycles. The minimum Gasteiger partial charge on any atom is -0.387 e. The predicted octanol–water partition coefficient (Wildman–Crippen LogP) is -2.19. The molecule has 27 heavy (non-hydrogen) atoms. The summed E-state index contributed by atoms with van der Waals surface area (Å²) in [5.74, 6) is 1.20. The maximum atomic E-state index is 11.4. The number of aliphatic hydroxyl groups excluding tert-OH is 2. The summed E-state index contributed by atoms with van der Waals surface area (Å²) in [4.78, 5) is 41.2. The molecule has 14 nitrogen and oxygen atoms in total. The average molecular weight is 427 g/mol. The maximum Gasteiger partial charge on any atom is 0.481 e. The Bertz CT molecular complexity index is 858. The first-order valence-corrected chi connectivity index (χ1v) is 9.98. The third-order valence-corrected chi connectivity index (χ3v) is 5.54. The van der Waals surface area contributed by atoms with E-state index in [2.05, 4.69) is 19.7 Å². The predicted molar refractivity (Wildman–Crippen MR) is 83.5 cm³/mol. The molecule has 1 aromatic heterocycles. The van der Waals surface area contributed by atoms with Crippen LogP contribution in [-0.2, 0) is 22.7 Å². The van der Waals surface area contributed by atoms with E-state index in [1.165, 1.54) is 0 Å². The highest BCUT2D eigenvalue weighted by molar-refractivity contribution is 7.60. The van der Waals surface area contributed by atoms with Crippen LogP contribution in [-0.4, -0.2) is 65.3 Å². The van der Waals surface area contributed by atoms with Crippen LogP contribution in [0.3, 0.4) is 0 Å². The van der Waals surface area contributed by atoms with Crippen molar-refractivity contribution in [3.8, 4) is 12.3 Å². The summed E-state index contributed by atoms with van der Waals surface area (Å²) < 4.78 is 36.3. The molecule has 1 aromatic rings. The first kappa shape index (κ1) is 21.7. The van der Waals surface area contributed by atoms with Crippen molar-refractivity contribution in [2.24, 2.45) is 5.73 Å². The Labute approximate surface area is 151 Å². The second-order valence-electron chi connectivity index (χ2n) is 5.24. The lowest BCUT2D eigenvalue weighted by Gasteiger charge is -2.18. The number of nitrogens with two attached hydrogens (primary N) is 1. The van der Waals surface area contributed by atoms with Gasteiger partial charge in [-0.05, 0) is 5.92 Å². The Balaban J connectivity index is 2.15. The van der Waals surface area contributed by atoms with Gasteiger partial charge in [-0.3, -0.25) is 13.9 Å². The van der Waals surface area contributed by atoms with Crippen LogP contribution in [0.5, 0.6) is 0 Å². The van der Waals surface area contributed by atoms with Crippen molar-refractivity contribution in [2.75, 3.05) is 6.61 Å². The summed E-state index contributed by atoms with van der Waals surface area (Å²) in [5.41, 5.74) is 4.70. The Morgan fingerprint density at radius 2 is 2.00 bits per heavy atom. The molecule has 0 radical (unpaired) electrons. The molecule has 0 saturated carbocycles. The fourth-order valence-corrected chi connectivity index (χ4v) is 3.90. The molecule has 1 aliphatic heterocycles. The summed E-state index contributed by atoms with van der Waals surface area (Å²) in [5, 5.41) is 20.1. The van der Waals surface area contributed by atoms with Gasteiger partial charge in [-0.15, -0.1) is 6.42 Å². The van der Waals surface area contributed by atoms with Crippen molar-refractivity contribution >= 4 is 21.6 Å². The molecule has 1 aliphatic rings. The summed E-state index contributed by atoms with van der Waals surface area (Å²) in [6.07, 6.45) is 0.260. The Hall–Kier alpha value is -1.62. The number of hydrogen-bond donors (Lipinski definition) is 6. The highest BCUT2D eigenvalue weighted by Crippen LogP contribution is 2.57. The number of hydrogen-bond acceptors (Lipinski definition) is 9. The molecule has 1 unspecified atom stereocenters. The van der Waals surface area contributed by atoms with E-state index in [0.717, 1.165) is 10.9 Å². The number of nitrogens with zero attached hydrogens (tertiary/aromatic N) is 2. The summed E-state index contributed by atoms with van der Waals surface area (Å²) in [7, 11) is -10.5. The Kier molecular flexibility index (Phi) is 6.25. The van der Waals surface area contributed by atoms with Crippen molar-refractivity contribution in [3.05, 3.63) is 17.7 Å². The zero-order chi connectivity index (χ0) is 20.6. The van der Waals surface area contributed by atoms with Gasteiger partial charge in [0.2, 0.25) is 0 Å². The number of imidazole rings is 1. The van der Waals surface area contributed by atoms with Crippen molar-refractivity contribution in [1.29, 1.82) is 0 Å². The van der Waals surface area contributed by atoms with Crippen molar-refractivity contribution in [2.45, 2.75) is 24.5 Å². The lowest BCUT2D eigenvalue weighted by molar-refractivity contribution is -0.0523. The van der Waals surface area contributed by atoms with E-state index >= 15 is 0 Å². The van der Waals surface area contributed by atoms with Gasteiger partial charge in [-0.1, -0.05) is 0 Å². The molecule has 0 spiro atoms. The molecule has 5 atom stereocenters. The molecule has 7 N–H and O–H groups in total. The molecular weight excluding hydrogens is 412 g/mol. The highest BCUT2D eigenvalue weighted by atomic mass is 31.3. The number of carbonyl (C=O) groups is 1. The molecular formula is C11H15N3O11P2. The van der Waals surface area contributed by atoms with Crippen LogP contribution in [0.2, 0.25) is 0 Å². The number of terminal acetylenes is 1. The molecule has 2 heterocycles. The third kappa shape index (κ3) is 5.01. The normalized spacial score (nSPS) is 27.9. The molecule has 1 amide bonds. The first-order valence-electron chi connectivity index (χ1n) is 6.95. The lowest BCUT2D eigenvalue weighted by Crippen LogP contribution is -2.33. The largest absolute Gasteiger partial charge is 0.481 e. The number of rotatable bonds is 7. The van der Waals surface area contributed by atoms with Crippen LogP contribution in [0.25, 0.3) is 0 Å². The second-order valence-corrected chi connectivity index (χ2v) is 8.07. The zero-order valence-corrected chi connectivity index (χ0v) is 15.0. The Morgan fingerprint density at radius 1 is 1.37 bits per heavy atom. The summed E-state index contributed by atoms with van der Waals surface area (Å²) in [6, 6.07) is 0. The van der Waals surface area contributed by atoms with Gasteiger partial charge >= 0.3 is 15.6 Å². The maximum absolute atomic E-state index is 11.4. The minimum atomic E-state index is -5.32. The number of amides is 1. The first-order chi connectivity index (χ1) is 12.4. The minimum absolute atomic E-state index is 0.141. The van der Waals surface area contributed by atoms with E-state index in [1.54, 1.807) is 0 Å². The summed E-state index contributed by atoms with van der Waals surface area (Å²) in [6.45, 7) is -0.884. The van der Waals surface area contributed by atoms with Gasteiger partial charge in [0.1, 0.15) is 24.0 Å². The average Bonchev–Trinajstić information content (AvgIpc) is 3.06. The number of aliphatic hydroxyl groups is 2. The number of phosphoric acid groups is 2. The lowest BCUT2D eigenvalue weighted by atomic mass is 10.1. The number of primary amides is 1. The van der Waals surface area contributed by atoms with Crippen LogP contribution >= 0.6 is 15.6 Å². The molecule has 1 saturated heterocycles. The van der Waals surface area contributed by atoms with E-state index < -0.39 is 52.7 Å². The standard InChI is InChI=1S/C11H15N3O11P2/c1-2-5-7(10(12)17)13-4-14(5)11-9(16)8(15)6(24-11)3-23-27(21,22)25-26(18,19)20/h1,4,6,8-9,11,15-16H,3H2,(H2,12,17)(H,21,22)(H2,18,19,20)/t6-,8-,9-,11-/m1/s1. The topological polar surface area (TPSA) is 224 Å². The van der Waals surface area contributed by atoms with Gasteiger partial charge in [0.15, 0.2) is 11.9 Å². The van der Waals surface area contributed by atoms with Gasteiger partial charge < -0.3 is 35.4 Å². The highest BCUT2D eigenvalue weighted by Gasteiger charge is 2.46. The van der Waals surface area contributed by atoms with Crippen LogP contribution in [0.4, 0.5) is 0 Å². The SMILES string of the molecule is C#Cc1c(C(N)=O)ncn1[C@@H]1O[C@H](COP(=O)(O)OP(=O)(O)O)[C@@H](O)[C@H]1O. The quantitative estimate of drug-likeness (QED) is 0.202. The fraction of sp³-hybridized carbons (Fsp3) is 0.455. The van der Waals surface area contributed by atoms with Gasteiger partial charge in [0.05, 0.1) is 12.9 Å². The summed E-state index contributed by atoms with van der Waals surface area (Å²) >= 11 is 0. The van der Waals surface area contributed by atoms with Crippen molar-refractivity contribution in [3.63, 3.8) is 0 Å². The molecule has 0 bridgehead atoms. The van der Waals surface area contributed by atoms with Crippen LogP contribution in [0.15, 0.2) is 6.33 Å². The zero-order valence-electron chi connectivity index (χ0n) is 13.2. The second kappa shape index (κ2) is 7.78. The number of carbonyl (C=O) groups excluding carboxylic acids is 1.